The Hall–Kier alpha value is -4.20. The zero-order chi connectivity index (χ0) is 50.6. The number of amides is 7. The lowest BCUT2D eigenvalue weighted by molar-refractivity contribution is -0.145. The van der Waals surface area contributed by atoms with Gasteiger partial charge < -0.3 is 72.3 Å². The van der Waals surface area contributed by atoms with E-state index in [-0.39, 0.29) is 62.5 Å². The van der Waals surface area contributed by atoms with Crippen LogP contribution in [0.3, 0.4) is 0 Å². The van der Waals surface area contributed by atoms with Gasteiger partial charge in [0.25, 0.3) is 0 Å². The van der Waals surface area contributed by atoms with Crippen LogP contribution in [0.5, 0.6) is 0 Å². The molecule has 24 nitrogen and oxygen atoms in total. The minimum absolute atomic E-state index is 0.00861. The van der Waals surface area contributed by atoms with E-state index >= 15 is 0 Å². The van der Waals surface area contributed by atoms with Gasteiger partial charge in [-0.2, -0.15) is 12.6 Å². The van der Waals surface area contributed by atoms with Crippen LogP contribution < -0.4 is 38.1 Å². The second-order valence-corrected chi connectivity index (χ2v) is 19.0. The maximum atomic E-state index is 14.0. The van der Waals surface area contributed by atoms with Crippen LogP contribution in [0.2, 0.25) is 0 Å². The van der Waals surface area contributed by atoms with Gasteiger partial charge in [-0.25, -0.2) is 9.55 Å². The molecule has 0 aliphatic rings. The molecule has 0 aliphatic carbocycles. The second kappa shape index (κ2) is 28.2. The quantitative estimate of drug-likeness (QED) is 0.0282. The monoisotopic (exact) mass is 980 g/mol. The number of hydrogen-bond donors (Lipinski definition) is 12. The molecule has 0 aromatic carbocycles. The molecule has 1 aromatic rings. The summed E-state index contributed by atoms with van der Waals surface area (Å²) in [7, 11) is -5.12. The van der Waals surface area contributed by atoms with Crippen molar-refractivity contribution in [3.05, 3.63) is 18.2 Å². The first-order valence-corrected chi connectivity index (χ1v) is 23.8. The van der Waals surface area contributed by atoms with Gasteiger partial charge in [0.15, 0.2) is 0 Å². The molecule has 0 spiro atoms. The molecule has 1 rings (SSSR count). The Kier molecular flexibility index (Phi) is 25.6. The molecule has 7 amide bonds. The maximum Gasteiger partial charge on any atom is 0.469 e. The van der Waals surface area contributed by atoms with Crippen LogP contribution in [0.25, 0.3) is 0 Å². The normalized spacial score (nSPS) is 15.3. The molecule has 13 N–H and O–H groups in total. The smallest absolute Gasteiger partial charge is 0.394 e. The van der Waals surface area contributed by atoms with E-state index in [2.05, 4.69) is 53.7 Å². The van der Waals surface area contributed by atoms with E-state index in [9.17, 15) is 43.2 Å². The van der Waals surface area contributed by atoms with Gasteiger partial charge in [0, 0.05) is 37.2 Å². The first kappa shape index (κ1) is 59.8. The van der Waals surface area contributed by atoms with Crippen LogP contribution in [0.15, 0.2) is 12.5 Å². The lowest BCUT2D eigenvalue weighted by Crippen LogP contribution is -2.61. The number of rotatable bonds is 32. The second-order valence-electron chi connectivity index (χ2n) is 17.5. The van der Waals surface area contributed by atoms with Gasteiger partial charge >= 0.3 is 7.82 Å². The van der Waals surface area contributed by atoms with Crippen molar-refractivity contribution >= 4 is 61.8 Å². The number of primary amides is 1. The predicted octanol–water partition coefficient (Wildman–Crippen LogP) is -1.72. The van der Waals surface area contributed by atoms with Crippen molar-refractivity contribution < 1.29 is 67.0 Å². The Labute approximate surface area is 391 Å². The molecule has 0 saturated carbocycles. The average molecular weight is 981 g/mol. The van der Waals surface area contributed by atoms with Gasteiger partial charge in [0.05, 0.1) is 55.9 Å². The number of carbonyl (C=O) groups is 7. The molecule has 26 heteroatoms. The number of H-pyrrole nitrogens is 1. The van der Waals surface area contributed by atoms with Crippen molar-refractivity contribution in [2.45, 2.75) is 148 Å². The van der Waals surface area contributed by atoms with Gasteiger partial charge in [-0.3, -0.25) is 38.1 Å². The van der Waals surface area contributed by atoms with Crippen LogP contribution in [0, 0.1) is 5.92 Å². The number of thiol groups is 1. The minimum Gasteiger partial charge on any atom is -0.394 e. The predicted molar refractivity (Wildman–Crippen MR) is 244 cm³/mol. The number of nitrogens with two attached hydrogens (primary N) is 2. The summed E-state index contributed by atoms with van der Waals surface area (Å²) in [5, 5.41) is 22.5. The topological polar surface area (TPSA) is 369 Å². The molecule has 0 bridgehead atoms. The van der Waals surface area contributed by atoms with Crippen LogP contribution in [0.1, 0.15) is 93.7 Å². The van der Waals surface area contributed by atoms with Crippen molar-refractivity contribution in [1.82, 2.24) is 41.5 Å². The number of carbonyl (C=O) groups excluding carboxylic acids is 7. The van der Waals surface area contributed by atoms with E-state index in [0.29, 0.717) is 25.1 Å². The molecule has 1 unspecified atom stereocenters. The molecule has 1 aromatic heterocycles. The van der Waals surface area contributed by atoms with Crippen LogP contribution in [0.4, 0.5) is 0 Å². The SMILES string of the molecule is CCCN(C(=O)CCOC(C)(C)COC(C)(C)CCNC(=O)[C@@H](N)CS)[C@@H](C)C(=O)N[C@@H](CC(C)C)C(=O)N[C@@H](Cc1cnc[nH]1)C(=O)N[C@@H](CO)C(=O)N[C@H](C(N)=O)C(C)OP(=O)(O)O. The van der Waals surface area contributed by atoms with Crippen molar-refractivity contribution in [2.24, 2.45) is 17.4 Å². The molecule has 0 fully saturated rings. The van der Waals surface area contributed by atoms with E-state index in [0.717, 1.165) is 6.92 Å². The molecular weight excluding hydrogens is 908 g/mol. The third kappa shape index (κ3) is 22.5. The molecule has 66 heavy (non-hydrogen) atoms. The van der Waals surface area contributed by atoms with Crippen molar-refractivity contribution in [3.63, 3.8) is 0 Å². The third-order valence-corrected chi connectivity index (χ3v) is 11.0. The number of aliphatic hydroxyl groups is 1. The van der Waals surface area contributed by atoms with Gasteiger partial charge in [-0.1, -0.05) is 20.8 Å². The zero-order valence-electron chi connectivity index (χ0n) is 39.3. The lowest BCUT2D eigenvalue weighted by atomic mass is 10.0. The summed E-state index contributed by atoms with van der Waals surface area (Å²) in [4.78, 5) is 119. The van der Waals surface area contributed by atoms with E-state index in [1.54, 1.807) is 0 Å². The number of imidazole rings is 1. The average Bonchev–Trinajstić information content (AvgIpc) is 3.73. The molecule has 1 heterocycles. The number of ether oxygens (including phenoxy) is 2. The summed E-state index contributed by atoms with van der Waals surface area (Å²) in [6.45, 7) is 15.1. The highest BCUT2D eigenvalue weighted by Crippen LogP contribution is 2.38. The highest BCUT2D eigenvalue weighted by Gasteiger charge is 2.36. The number of hydrogen-bond acceptors (Lipinski definition) is 15. The summed E-state index contributed by atoms with van der Waals surface area (Å²) >= 11 is 4.04. The molecule has 0 saturated heterocycles. The number of nitrogens with zero attached hydrogens (tertiary/aromatic N) is 2. The van der Waals surface area contributed by atoms with Crippen molar-refractivity contribution in [3.8, 4) is 0 Å². The van der Waals surface area contributed by atoms with Crippen LogP contribution in [-0.2, 0) is 58.5 Å². The number of phosphoric ester groups is 1. The van der Waals surface area contributed by atoms with Gasteiger partial charge in [-0.15, -0.1) is 0 Å². The van der Waals surface area contributed by atoms with Crippen LogP contribution >= 0.6 is 20.5 Å². The number of aliphatic hydroxyl groups excluding tert-OH is 1. The molecule has 0 radical (unpaired) electrons. The van der Waals surface area contributed by atoms with Gasteiger partial charge in [-0.05, 0) is 66.7 Å². The van der Waals surface area contributed by atoms with Crippen molar-refractivity contribution in [1.29, 1.82) is 0 Å². The van der Waals surface area contributed by atoms with Gasteiger partial charge in [0.1, 0.15) is 30.2 Å². The number of phosphoric acid groups is 1. The van der Waals surface area contributed by atoms with E-state index in [1.165, 1.54) is 24.3 Å². The van der Waals surface area contributed by atoms with Gasteiger partial charge in [0.2, 0.25) is 41.4 Å². The summed E-state index contributed by atoms with van der Waals surface area (Å²) in [6.07, 6.45) is 1.92. The van der Waals surface area contributed by atoms with E-state index < -0.39 is 97.5 Å². The fourth-order valence-corrected chi connectivity index (χ4v) is 6.89. The number of aromatic nitrogens is 2. The van der Waals surface area contributed by atoms with E-state index in [1.807, 2.05) is 48.5 Å². The standard InChI is InChI=1S/C40H73N10O14PS/c1-10-14-50(31(52)11-15-62-40(8,9)21-63-39(6,7)12-13-44-35(55)27(41)20-66)24(4)34(54)46-28(16-23(2)3)36(56)47-29(17-26-18-43-22-45-26)37(57)48-30(19-51)38(58)49-32(33(42)53)25(5)64-65(59,60)61/h18,22-25,27-30,32,51,66H,10-17,19-21,41H2,1-9H3,(H2,42,53)(H,43,45)(H,44,55)(H,46,54)(H,47,56)(H,48,57)(H,49,58)(H2,59,60,61)/t24-,25?,27-,28-,29-,30-,32-/m0/s1. The fraction of sp³-hybridized carbons (Fsp3) is 0.750. The highest BCUT2D eigenvalue weighted by atomic mass is 32.1. The van der Waals surface area contributed by atoms with Crippen LogP contribution in [-0.4, -0.2) is 163 Å². The Morgan fingerprint density at radius 3 is 2.02 bits per heavy atom. The first-order chi connectivity index (χ1) is 30.6. The van der Waals surface area contributed by atoms with E-state index in [4.69, 9.17) is 30.7 Å². The fourth-order valence-electron chi connectivity index (χ4n) is 6.17. The third-order valence-electron chi connectivity index (χ3n) is 9.96. The summed E-state index contributed by atoms with van der Waals surface area (Å²) < 4.78 is 27.9. The maximum absolute atomic E-state index is 14.0. The highest BCUT2D eigenvalue weighted by molar-refractivity contribution is 7.80. The largest absolute Gasteiger partial charge is 0.469 e. The summed E-state index contributed by atoms with van der Waals surface area (Å²) in [5.74, 6) is -5.45. The Morgan fingerprint density at radius 1 is 0.894 bits per heavy atom. The Balaban J connectivity index is 3.09. The minimum atomic E-state index is -5.12. The zero-order valence-corrected chi connectivity index (χ0v) is 41.1. The molecule has 0 aliphatic heterocycles. The first-order valence-electron chi connectivity index (χ1n) is 21.6. The molecule has 378 valence electrons. The molecule has 7 atom stereocenters. The summed E-state index contributed by atoms with van der Waals surface area (Å²) in [5.41, 5.74) is 9.96. The lowest BCUT2D eigenvalue weighted by Gasteiger charge is -2.33. The van der Waals surface area contributed by atoms with Crippen molar-refractivity contribution in [2.75, 3.05) is 38.7 Å². The number of aromatic amines is 1. The number of nitrogens with one attached hydrogen (secondary N) is 6. The Bertz CT molecular complexity index is 1780. The Morgan fingerprint density at radius 2 is 1.48 bits per heavy atom. The molecular formula is C40H73N10O14PS. The summed E-state index contributed by atoms with van der Waals surface area (Å²) in [6, 6.07) is -7.95.